The quantitative estimate of drug-likeness (QED) is 0.598. The van der Waals surface area contributed by atoms with Crippen LogP contribution < -0.4 is 16.8 Å². The molecule has 0 saturated carbocycles. The van der Waals surface area contributed by atoms with E-state index in [1.807, 2.05) is 12.1 Å². The molecule has 0 bridgehead atoms. The molecule has 6 N–H and O–H groups in total. The minimum absolute atomic E-state index is 0.164. The number of piperazine rings is 1. The van der Waals surface area contributed by atoms with Gasteiger partial charge in [-0.3, -0.25) is 0 Å². The number of benzene rings is 1. The molecule has 0 amide bonds. The molecular formula is C16H25N5O. The molecule has 1 aromatic rings. The molecule has 0 aromatic heterocycles. The third kappa shape index (κ3) is 3.65. The van der Waals surface area contributed by atoms with E-state index in [1.165, 1.54) is 0 Å². The van der Waals surface area contributed by atoms with Crippen molar-refractivity contribution < 1.29 is 5.11 Å². The molecular weight excluding hydrogens is 278 g/mol. The van der Waals surface area contributed by atoms with Crippen LogP contribution in [-0.4, -0.2) is 55.2 Å². The number of hydrogen-bond donors (Lipinski definition) is 4. The van der Waals surface area contributed by atoms with Crippen LogP contribution >= 0.6 is 0 Å². The number of phenolic OH excluding ortho intramolecular Hbond substituents is 1. The zero-order chi connectivity index (χ0) is 16.1. The average Bonchev–Trinajstić information content (AvgIpc) is 2.53. The van der Waals surface area contributed by atoms with E-state index in [-0.39, 0.29) is 5.75 Å². The normalized spacial score (nSPS) is 18.1. The molecule has 22 heavy (non-hydrogen) atoms. The number of phenols is 1. The van der Waals surface area contributed by atoms with Crippen molar-refractivity contribution in [3.05, 3.63) is 47.4 Å². The number of nitrogens with two attached hydrogens (primary N) is 2. The van der Waals surface area contributed by atoms with Gasteiger partial charge in [0.2, 0.25) is 0 Å². The van der Waals surface area contributed by atoms with E-state index in [9.17, 15) is 5.11 Å². The Kier molecular flexibility index (Phi) is 5.16. The molecule has 1 saturated heterocycles. The van der Waals surface area contributed by atoms with E-state index in [2.05, 4.69) is 22.2 Å². The molecule has 6 nitrogen and oxygen atoms in total. The van der Waals surface area contributed by atoms with Crippen LogP contribution in [0.5, 0.6) is 5.75 Å². The Morgan fingerprint density at radius 3 is 2.41 bits per heavy atom. The second-order valence-electron chi connectivity index (χ2n) is 5.46. The van der Waals surface area contributed by atoms with Gasteiger partial charge in [0.25, 0.3) is 0 Å². The molecule has 0 radical (unpaired) electrons. The van der Waals surface area contributed by atoms with Gasteiger partial charge in [0.1, 0.15) is 11.6 Å². The fourth-order valence-corrected chi connectivity index (χ4v) is 2.46. The summed E-state index contributed by atoms with van der Waals surface area (Å²) in [4.78, 5) is 4.48. The second-order valence-corrected chi connectivity index (χ2v) is 5.46. The number of aromatic hydroxyl groups is 1. The number of allylic oxidation sites excluding steroid dienone is 1. The van der Waals surface area contributed by atoms with Gasteiger partial charge in [-0.15, -0.1) is 0 Å². The topological polar surface area (TPSA) is 90.8 Å². The maximum Gasteiger partial charge on any atom is 0.124 e. The van der Waals surface area contributed by atoms with Crippen LogP contribution in [0, 0.1) is 0 Å². The van der Waals surface area contributed by atoms with Crippen LogP contribution in [0.4, 0.5) is 0 Å². The van der Waals surface area contributed by atoms with E-state index in [0.29, 0.717) is 17.1 Å². The monoisotopic (exact) mass is 303 g/mol. The summed E-state index contributed by atoms with van der Waals surface area (Å²) in [5, 5.41) is 12.9. The van der Waals surface area contributed by atoms with Gasteiger partial charge in [-0.25, -0.2) is 0 Å². The van der Waals surface area contributed by atoms with Crippen molar-refractivity contribution in [3.63, 3.8) is 0 Å². The molecule has 2 rings (SSSR count). The van der Waals surface area contributed by atoms with Crippen molar-refractivity contribution in [2.75, 3.05) is 40.3 Å². The fraction of sp³-hybridized carbons (Fsp3) is 0.375. The first kappa shape index (κ1) is 16.0. The molecule has 1 heterocycles. The molecule has 1 aliphatic rings. The number of rotatable bonds is 4. The van der Waals surface area contributed by atoms with Gasteiger partial charge in [0.15, 0.2) is 0 Å². The molecule has 0 spiro atoms. The average molecular weight is 303 g/mol. The lowest BCUT2D eigenvalue weighted by atomic mass is 10.1. The Morgan fingerprint density at radius 1 is 1.18 bits per heavy atom. The lowest BCUT2D eigenvalue weighted by molar-refractivity contribution is 0.188. The molecule has 0 aliphatic carbocycles. The highest BCUT2D eigenvalue weighted by molar-refractivity contribution is 5.69. The Balaban J connectivity index is 2.31. The number of para-hydroxylation sites is 1. The summed E-state index contributed by atoms with van der Waals surface area (Å²) in [5.74, 6) is 0.736. The SMILES string of the molecule is CN/C(N)=C(/C=C(\N)c1ccccc1O)N1CCN(C)CC1. The lowest BCUT2D eigenvalue weighted by Crippen LogP contribution is -2.45. The summed E-state index contributed by atoms with van der Waals surface area (Å²) in [6.07, 6.45) is 1.83. The highest BCUT2D eigenvalue weighted by atomic mass is 16.3. The van der Waals surface area contributed by atoms with Gasteiger partial charge in [-0.2, -0.15) is 0 Å². The van der Waals surface area contributed by atoms with Crippen molar-refractivity contribution in [3.8, 4) is 5.75 Å². The highest BCUT2D eigenvalue weighted by Gasteiger charge is 2.18. The molecule has 1 aromatic carbocycles. The van der Waals surface area contributed by atoms with E-state index in [0.717, 1.165) is 31.9 Å². The largest absolute Gasteiger partial charge is 0.507 e. The minimum atomic E-state index is 0.164. The number of nitrogens with one attached hydrogen (secondary N) is 1. The molecule has 0 atom stereocenters. The highest BCUT2D eigenvalue weighted by Crippen LogP contribution is 2.23. The van der Waals surface area contributed by atoms with Gasteiger partial charge in [-0.1, -0.05) is 12.1 Å². The zero-order valence-electron chi connectivity index (χ0n) is 13.2. The first-order chi connectivity index (χ1) is 10.5. The van der Waals surface area contributed by atoms with Crippen molar-refractivity contribution in [2.45, 2.75) is 0 Å². The van der Waals surface area contributed by atoms with Crippen molar-refractivity contribution in [2.24, 2.45) is 11.5 Å². The number of nitrogens with zero attached hydrogens (tertiary/aromatic N) is 2. The maximum absolute atomic E-state index is 9.93. The first-order valence-electron chi connectivity index (χ1n) is 7.39. The number of likely N-dealkylation sites (N-methyl/N-ethyl adjacent to an activating group) is 1. The van der Waals surface area contributed by atoms with Gasteiger partial charge in [0, 0.05) is 44.5 Å². The summed E-state index contributed by atoms with van der Waals surface area (Å²) in [6.45, 7) is 3.73. The summed E-state index contributed by atoms with van der Waals surface area (Å²) in [7, 11) is 3.89. The van der Waals surface area contributed by atoms with Crippen LogP contribution in [0.2, 0.25) is 0 Å². The Hall–Kier alpha value is -2.34. The van der Waals surface area contributed by atoms with Crippen molar-refractivity contribution in [1.29, 1.82) is 0 Å². The van der Waals surface area contributed by atoms with Crippen LogP contribution in [0.1, 0.15) is 5.56 Å². The van der Waals surface area contributed by atoms with Gasteiger partial charge in [-0.05, 0) is 25.3 Å². The van der Waals surface area contributed by atoms with Crippen LogP contribution in [-0.2, 0) is 0 Å². The summed E-state index contributed by atoms with van der Waals surface area (Å²) < 4.78 is 0. The molecule has 1 aliphatic heterocycles. The molecule has 0 unspecified atom stereocenters. The van der Waals surface area contributed by atoms with Crippen LogP contribution in [0.15, 0.2) is 41.9 Å². The minimum Gasteiger partial charge on any atom is -0.507 e. The summed E-state index contributed by atoms with van der Waals surface area (Å²) in [6, 6.07) is 7.02. The molecule has 120 valence electrons. The van der Waals surface area contributed by atoms with E-state index < -0.39 is 0 Å². The summed E-state index contributed by atoms with van der Waals surface area (Å²) in [5.41, 5.74) is 14.2. The third-order valence-electron chi connectivity index (χ3n) is 3.90. The standard InChI is InChI=1S/C16H25N5O/c1-19-16(18)14(21-9-7-20(2)8-10-21)11-13(17)12-5-3-4-6-15(12)22/h3-6,11,19,22H,7-10,17-18H2,1-2H3/b13-11-,16-14-. The lowest BCUT2D eigenvalue weighted by Gasteiger charge is -2.35. The zero-order valence-corrected chi connectivity index (χ0v) is 13.2. The van der Waals surface area contributed by atoms with Gasteiger partial charge < -0.3 is 31.7 Å². The fourth-order valence-electron chi connectivity index (χ4n) is 2.46. The Labute approximate surface area is 131 Å². The van der Waals surface area contributed by atoms with Gasteiger partial charge >= 0.3 is 0 Å². The van der Waals surface area contributed by atoms with Crippen LogP contribution in [0.25, 0.3) is 5.70 Å². The van der Waals surface area contributed by atoms with Crippen LogP contribution in [0.3, 0.4) is 0 Å². The molecule has 6 heteroatoms. The maximum atomic E-state index is 9.93. The van der Waals surface area contributed by atoms with E-state index >= 15 is 0 Å². The molecule has 1 fully saturated rings. The predicted molar refractivity (Wildman–Crippen MR) is 89.6 cm³/mol. The third-order valence-corrected chi connectivity index (χ3v) is 3.90. The van der Waals surface area contributed by atoms with Gasteiger partial charge in [0.05, 0.1) is 5.70 Å². The Bertz CT molecular complexity index is 574. The predicted octanol–water partition coefficient (Wildman–Crippen LogP) is 0.286. The second kappa shape index (κ2) is 7.09. The smallest absolute Gasteiger partial charge is 0.124 e. The van der Waals surface area contributed by atoms with E-state index in [1.54, 1.807) is 25.2 Å². The summed E-state index contributed by atoms with van der Waals surface area (Å²) >= 11 is 0. The first-order valence-corrected chi connectivity index (χ1v) is 7.39. The van der Waals surface area contributed by atoms with Crippen molar-refractivity contribution in [1.82, 2.24) is 15.1 Å². The Morgan fingerprint density at radius 2 is 1.82 bits per heavy atom. The van der Waals surface area contributed by atoms with Crippen molar-refractivity contribution >= 4 is 5.70 Å². The number of hydrogen-bond acceptors (Lipinski definition) is 6. The van der Waals surface area contributed by atoms with E-state index in [4.69, 9.17) is 11.5 Å².